The second-order valence-corrected chi connectivity index (χ2v) is 4.07. The topological polar surface area (TPSA) is 29.7 Å². The average molecular weight is 298 g/mol. The molecule has 2 heterocycles. The van der Waals surface area contributed by atoms with Gasteiger partial charge in [-0.05, 0) is 33.6 Å². The lowest BCUT2D eigenvalue weighted by Crippen LogP contribution is -2.31. The number of aromatic nitrogens is 3. The Morgan fingerprint density at radius 1 is 1.36 bits per heavy atom. The van der Waals surface area contributed by atoms with Crippen LogP contribution in [0.5, 0.6) is 0 Å². The van der Waals surface area contributed by atoms with Crippen LogP contribution in [0, 0.1) is 3.57 Å². The maximum atomic E-state index is 4.34. The Morgan fingerprint density at radius 2 is 2.21 bits per heavy atom. The van der Waals surface area contributed by atoms with E-state index in [0.717, 1.165) is 15.0 Å². The van der Waals surface area contributed by atoms with Gasteiger partial charge in [0, 0.05) is 22.0 Å². The number of nitrogens with zero attached hydrogens (tertiary/aromatic N) is 3. The zero-order valence-electron chi connectivity index (χ0n) is 7.68. The zero-order valence-corrected chi connectivity index (χ0v) is 9.84. The summed E-state index contributed by atoms with van der Waals surface area (Å²) in [6, 6.07) is 3.89. The quantitative estimate of drug-likeness (QED) is 0.591. The molecule has 0 aliphatic heterocycles. The largest absolute Gasteiger partial charge is 0.331 e. The SMILES string of the molecule is C[n+]1cccnc1-c1ccncc1I. The molecule has 4 heteroatoms. The van der Waals surface area contributed by atoms with Crippen molar-refractivity contribution >= 4 is 22.6 Å². The molecule has 2 aromatic rings. The zero-order chi connectivity index (χ0) is 9.97. The van der Waals surface area contributed by atoms with E-state index in [9.17, 15) is 0 Å². The maximum Gasteiger partial charge on any atom is 0.331 e. The molecule has 14 heavy (non-hydrogen) atoms. The van der Waals surface area contributed by atoms with E-state index in [1.165, 1.54) is 0 Å². The minimum absolute atomic E-state index is 0.958. The van der Waals surface area contributed by atoms with Gasteiger partial charge in [-0.1, -0.05) is 0 Å². The first-order chi connectivity index (χ1) is 6.79. The van der Waals surface area contributed by atoms with Crippen molar-refractivity contribution in [2.75, 3.05) is 0 Å². The molecule has 0 saturated carbocycles. The molecule has 0 aliphatic rings. The summed E-state index contributed by atoms with van der Waals surface area (Å²) < 4.78 is 3.11. The summed E-state index contributed by atoms with van der Waals surface area (Å²) in [5, 5.41) is 0. The maximum absolute atomic E-state index is 4.34. The van der Waals surface area contributed by atoms with E-state index in [1.807, 2.05) is 36.1 Å². The van der Waals surface area contributed by atoms with Gasteiger partial charge >= 0.3 is 5.82 Å². The molecule has 0 radical (unpaired) electrons. The Balaban J connectivity index is 2.61. The number of rotatable bonds is 1. The van der Waals surface area contributed by atoms with Crippen LogP contribution >= 0.6 is 22.6 Å². The number of halogens is 1. The van der Waals surface area contributed by atoms with E-state index in [-0.39, 0.29) is 0 Å². The summed E-state index contributed by atoms with van der Waals surface area (Å²) in [7, 11) is 1.98. The Bertz CT molecular complexity index is 413. The first-order valence-corrected chi connectivity index (χ1v) is 5.27. The standard InChI is InChI=1S/C10H9IN3/c1-14-6-2-4-13-10(14)8-3-5-12-7-9(8)11/h2-7H,1H3/q+1. The molecule has 0 atom stereocenters. The fourth-order valence-electron chi connectivity index (χ4n) is 1.26. The van der Waals surface area contributed by atoms with Crippen molar-refractivity contribution in [3.8, 4) is 11.4 Å². The van der Waals surface area contributed by atoms with Crippen LogP contribution in [0.4, 0.5) is 0 Å². The van der Waals surface area contributed by atoms with Gasteiger partial charge < -0.3 is 0 Å². The van der Waals surface area contributed by atoms with E-state index in [4.69, 9.17) is 0 Å². The summed E-state index contributed by atoms with van der Waals surface area (Å²) in [6.07, 6.45) is 7.40. The Kier molecular flexibility index (Phi) is 2.72. The molecule has 0 fully saturated rings. The molecule has 0 saturated heterocycles. The number of hydrogen-bond donors (Lipinski definition) is 0. The highest BCUT2D eigenvalue weighted by molar-refractivity contribution is 14.1. The average Bonchev–Trinajstić information content (AvgIpc) is 2.20. The van der Waals surface area contributed by atoms with Gasteiger partial charge in [0.1, 0.15) is 6.20 Å². The van der Waals surface area contributed by atoms with Gasteiger partial charge in [0.15, 0.2) is 0 Å². The molecular formula is C10H9IN3+. The second-order valence-electron chi connectivity index (χ2n) is 2.91. The van der Waals surface area contributed by atoms with E-state index in [1.54, 1.807) is 12.4 Å². The third-order valence-corrected chi connectivity index (χ3v) is 2.80. The molecular weight excluding hydrogens is 289 g/mol. The minimum Gasteiger partial charge on any atom is -0.264 e. The molecule has 0 spiro atoms. The third-order valence-electron chi connectivity index (χ3n) is 1.94. The molecule has 0 amide bonds. The van der Waals surface area contributed by atoms with Crippen LogP contribution in [0.15, 0.2) is 36.9 Å². The molecule has 0 bridgehead atoms. The Hall–Kier alpha value is -1.04. The fraction of sp³-hybridized carbons (Fsp3) is 0.100. The molecule has 3 nitrogen and oxygen atoms in total. The predicted octanol–water partition coefficient (Wildman–Crippen LogP) is 1.57. The smallest absolute Gasteiger partial charge is 0.264 e. The minimum atomic E-state index is 0.958. The molecule has 0 N–H and O–H groups in total. The number of pyridine rings is 1. The highest BCUT2D eigenvalue weighted by atomic mass is 127. The van der Waals surface area contributed by atoms with E-state index < -0.39 is 0 Å². The second kappa shape index (κ2) is 4.00. The van der Waals surface area contributed by atoms with Gasteiger partial charge in [-0.2, -0.15) is 0 Å². The monoisotopic (exact) mass is 298 g/mol. The van der Waals surface area contributed by atoms with E-state index in [0.29, 0.717) is 0 Å². The van der Waals surface area contributed by atoms with Crippen molar-refractivity contribution in [3.05, 3.63) is 40.5 Å². The van der Waals surface area contributed by atoms with E-state index >= 15 is 0 Å². The van der Waals surface area contributed by atoms with Crippen LogP contribution in [0.25, 0.3) is 11.4 Å². The molecule has 0 unspecified atom stereocenters. The van der Waals surface area contributed by atoms with Gasteiger partial charge in [0.25, 0.3) is 0 Å². The van der Waals surface area contributed by atoms with Crippen LogP contribution in [0.1, 0.15) is 0 Å². The Morgan fingerprint density at radius 3 is 2.93 bits per heavy atom. The first kappa shape index (κ1) is 9.51. The first-order valence-electron chi connectivity index (χ1n) is 4.19. The number of aryl methyl sites for hydroxylation is 1. The summed E-state index contributed by atoms with van der Waals surface area (Å²) in [6.45, 7) is 0. The fourth-order valence-corrected chi connectivity index (χ4v) is 1.84. The highest BCUT2D eigenvalue weighted by Crippen LogP contribution is 2.18. The van der Waals surface area contributed by atoms with Gasteiger partial charge in [-0.15, -0.1) is 0 Å². The highest BCUT2D eigenvalue weighted by Gasteiger charge is 2.13. The van der Waals surface area contributed by atoms with Gasteiger partial charge in [0.2, 0.25) is 0 Å². The summed E-state index contributed by atoms with van der Waals surface area (Å²) in [5.74, 6) is 0.958. The van der Waals surface area contributed by atoms with Crippen LogP contribution in [0.3, 0.4) is 0 Å². The van der Waals surface area contributed by atoms with Gasteiger partial charge in [-0.25, -0.2) is 4.57 Å². The number of hydrogen-bond acceptors (Lipinski definition) is 2. The Labute approximate surface area is 96.0 Å². The lowest BCUT2D eigenvalue weighted by atomic mass is 10.2. The van der Waals surface area contributed by atoms with E-state index in [2.05, 4.69) is 32.6 Å². The van der Waals surface area contributed by atoms with Gasteiger partial charge in [0.05, 0.1) is 18.8 Å². The molecule has 2 aromatic heterocycles. The van der Waals surface area contributed by atoms with Crippen LogP contribution in [-0.4, -0.2) is 9.97 Å². The van der Waals surface area contributed by atoms with Crippen molar-refractivity contribution in [1.29, 1.82) is 0 Å². The summed E-state index contributed by atoms with van der Waals surface area (Å²) in [5.41, 5.74) is 1.11. The van der Waals surface area contributed by atoms with Crippen molar-refractivity contribution < 1.29 is 4.57 Å². The molecule has 2 rings (SSSR count). The van der Waals surface area contributed by atoms with Crippen molar-refractivity contribution in [3.63, 3.8) is 0 Å². The van der Waals surface area contributed by atoms with Crippen molar-refractivity contribution in [2.24, 2.45) is 7.05 Å². The normalized spacial score (nSPS) is 10.1. The lowest BCUT2D eigenvalue weighted by Gasteiger charge is -1.99. The lowest BCUT2D eigenvalue weighted by molar-refractivity contribution is -0.663. The molecule has 0 aromatic carbocycles. The van der Waals surface area contributed by atoms with Crippen LogP contribution in [0.2, 0.25) is 0 Å². The third kappa shape index (κ3) is 1.75. The van der Waals surface area contributed by atoms with Crippen LogP contribution in [-0.2, 0) is 7.05 Å². The molecule has 0 aliphatic carbocycles. The van der Waals surface area contributed by atoms with Crippen LogP contribution < -0.4 is 4.57 Å². The molecule has 70 valence electrons. The predicted molar refractivity (Wildman–Crippen MR) is 61.4 cm³/mol. The van der Waals surface area contributed by atoms with Crippen molar-refractivity contribution in [1.82, 2.24) is 9.97 Å². The van der Waals surface area contributed by atoms with Crippen molar-refractivity contribution in [2.45, 2.75) is 0 Å². The summed E-state index contributed by atoms with van der Waals surface area (Å²) in [4.78, 5) is 8.40. The summed E-state index contributed by atoms with van der Waals surface area (Å²) >= 11 is 2.26. The van der Waals surface area contributed by atoms with Gasteiger partial charge in [-0.3, -0.25) is 4.98 Å².